The summed E-state index contributed by atoms with van der Waals surface area (Å²) in [6, 6.07) is 0.949. The highest BCUT2D eigenvalue weighted by Gasteiger charge is 2.34. The molecule has 17 heavy (non-hydrogen) atoms. The van der Waals surface area contributed by atoms with Crippen LogP contribution in [0.15, 0.2) is 12.4 Å². The molecule has 1 heterocycles. The van der Waals surface area contributed by atoms with Gasteiger partial charge in [0.15, 0.2) is 0 Å². The van der Waals surface area contributed by atoms with Gasteiger partial charge in [-0.2, -0.15) is 5.10 Å². The maximum atomic E-state index is 5.93. The second-order valence-corrected chi connectivity index (χ2v) is 4.66. The van der Waals surface area contributed by atoms with Crippen molar-refractivity contribution in [2.24, 2.45) is 12.8 Å². The van der Waals surface area contributed by atoms with Crippen molar-refractivity contribution in [1.29, 1.82) is 0 Å². The molecule has 0 amide bonds. The molecule has 1 aromatic rings. The average molecular weight is 238 g/mol. The molecule has 1 fully saturated rings. The van der Waals surface area contributed by atoms with Crippen LogP contribution in [0.25, 0.3) is 0 Å². The molecule has 1 atom stereocenters. The second kappa shape index (κ2) is 5.62. The minimum absolute atomic E-state index is 0.270. The summed E-state index contributed by atoms with van der Waals surface area (Å²) in [6.07, 6.45) is 6.53. The largest absolute Gasteiger partial charge is 0.383 e. The predicted molar refractivity (Wildman–Crippen MR) is 66.6 cm³/mol. The van der Waals surface area contributed by atoms with Gasteiger partial charge < -0.3 is 10.5 Å². The second-order valence-electron chi connectivity index (χ2n) is 4.66. The van der Waals surface area contributed by atoms with E-state index in [1.807, 2.05) is 17.9 Å². The van der Waals surface area contributed by atoms with Crippen LogP contribution in [-0.4, -0.2) is 47.5 Å². The molecule has 5 nitrogen and oxygen atoms in total. The number of aromatic nitrogens is 2. The Morgan fingerprint density at radius 2 is 2.41 bits per heavy atom. The molecule has 1 aliphatic carbocycles. The van der Waals surface area contributed by atoms with E-state index in [-0.39, 0.29) is 6.04 Å². The third-order valence-corrected chi connectivity index (χ3v) is 3.30. The van der Waals surface area contributed by atoms with Gasteiger partial charge >= 0.3 is 0 Å². The van der Waals surface area contributed by atoms with Gasteiger partial charge in [-0.05, 0) is 12.8 Å². The van der Waals surface area contributed by atoms with E-state index in [1.54, 1.807) is 7.11 Å². The summed E-state index contributed by atoms with van der Waals surface area (Å²) in [6.45, 7) is 2.33. The molecule has 1 aromatic heterocycles. The van der Waals surface area contributed by atoms with Gasteiger partial charge in [-0.15, -0.1) is 0 Å². The van der Waals surface area contributed by atoms with Crippen molar-refractivity contribution in [3.63, 3.8) is 0 Å². The van der Waals surface area contributed by atoms with Crippen LogP contribution in [0.1, 0.15) is 24.4 Å². The van der Waals surface area contributed by atoms with Crippen LogP contribution in [0.2, 0.25) is 0 Å². The lowest BCUT2D eigenvalue weighted by molar-refractivity contribution is 0.115. The zero-order chi connectivity index (χ0) is 12.3. The van der Waals surface area contributed by atoms with Crippen molar-refractivity contribution in [1.82, 2.24) is 14.7 Å². The van der Waals surface area contributed by atoms with Crippen molar-refractivity contribution in [2.45, 2.75) is 24.9 Å². The van der Waals surface area contributed by atoms with Gasteiger partial charge in [0.25, 0.3) is 0 Å². The van der Waals surface area contributed by atoms with Crippen LogP contribution in [0, 0.1) is 0 Å². The lowest BCUT2D eigenvalue weighted by Gasteiger charge is -2.30. The molecule has 0 aliphatic heterocycles. The number of aryl methyl sites for hydroxylation is 1. The van der Waals surface area contributed by atoms with E-state index in [4.69, 9.17) is 10.5 Å². The Bertz CT molecular complexity index is 348. The molecule has 0 bridgehead atoms. The SMILES string of the molecule is COCCN(C1CC1)C(CN)c1cnn(C)c1. The summed E-state index contributed by atoms with van der Waals surface area (Å²) in [7, 11) is 3.68. The molecule has 1 aliphatic rings. The van der Waals surface area contributed by atoms with Crippen LogP contribution >= 0.6 is 0 Å². The average Bonchev–Trinajstić information content (AvgIpc) is 3.08. The summed E-state index contributed by atoms with van der Waals surface area (Å²) in [5.74, 6) is 0. The maximum absolute atomic E-state index is 5.93. The quantitative estimate of drug-likeness (QED) is 0.753. The van der Waals surface area contributed by atoms with Crippen molar-refractivity contribution in [2.75, 3.05) is 26.8 Å². The Kier molecular flexibility index (Phi) is 4.15. The van der Waals surface area contributed by atoms with Gasteiger partial charge in [-0.3, -0.25) is 9.58 Å². The molecule has 96 valence electrons. The maximum Gasteiger partial charge on any atom is 0.0590 e. The molecule has 1 saturated carbocycles. The van der Waals surface area contributed by atoms with Crippen LogP contribution in [0.4, 0.5) is 0 Å². The molecule has 2 N–H and O–H groups in total. The van der Waals surface area contributed by atoms with E-state index in [0.717, 1.165) is 13.2 Å². The Labute approximate surface area is 103 Å². The first-order chi connectivity index (χ1) is 8.26. The number of nitrogens with two attached hydrogens (primary N) is 1. The summed E-state index contributed by atoms with van der Waals surface area (Å²) >= 11 is 0. The summed E-state index contributed by atoms with van der Waals surface area (Å²) in [5, 5.41) is 4.23. The monoisotopic (exact) mass is 238 g/mol. The van der Waals surface area contributed by atoms with Crippen molar-refractivity contribution < 1.29 is 4.74 Å². The molecule has 5 heteroatoms. The molecular formula is C12H22N4O. The lowest BCUT2D eigenvalue weighted by atomic mass is 10.1. The molecule has 1 unspecified atom stereocenters. The molecule has 0 spiro atoms. The first-order valence-electron chi connectivity index (χ1n) is 6.19. The van der Waals surface area contributed by atoms with E-state index in [9.17, 15) is 0 Å². The Balaban J connectivity index is 2.08. The molecule has 0 saturated heterocycles. The fraction of sp³-hybridized carbons (Fsp3) is 0.750. The van der Waals surface area contributed by atoms with Crippen molar-refractivity contribution in [3.05, 3.63) is 18.0 Å². The fourth-order valence-electron chi connectivity index (χ4n) is 2.27. The van der Waals surface area contributed by atoms with E-state index in [1.165, 1.54) is 18.4 Å². The number of rotatable bonds is 7. The normalized spacial score (nSPS) is 17.6. The van der Waals surface area contributed by atoms with Crippen molar-refractivity contribution in [3.8, 4) is 0 Å². The zero-order valence-electron chi connectivity index (χ0n) is 10.7. The third kappa shape index (κ3) is 3.06. The summed E-state index contributed by atoms with van der Waals surface area (Å²) in [4.78, 5) is 2.46. The van der Waals surface area contributed by atoms with Crippen LogP contribution in [0.3, 0.4) is 0 Å². The standard InChI is InChI=1S/C12H22N4O/c1-15-9-10(8-14-15)12(7-13)16(5-6-17-2)11-3-4-11/h8-9,11-12H,3-7,13H2,1-2H3. The molecular weight excluding hydrogens is 216 g/mol. The van der Waals surface area contributed by atoms with Gasteiger partial charge in [-0.25, -0.2) is 0 Å². The zero-order valence-corrected chi connectivity index (χ0v) is 10.7. The summed E-state index contributed by atoms with van der Waals surface area (Å²) in [5.41, 5.74) is 7.14. The number of methoxy groups -OCH3 is 1. The molecule has 2 rings (SSSR count). The molecule has 0 radical (unpaired) electrons. The van der Waals surface area contributed by atoms with Crippen LogP contribution < -0.4 is 5.73 Å². The van der Waals surface area contributed by atoms with Crippen LogP contribution in [-0.2, 0) is 11.8 Å². The number of ether oxygens (including phenoxy) is 1. The Morgan fingerprint density at radius 1 is 1.65 bits per heavy atom. The third-order valence-electron chi connectivity index (χ3n) is 3.30. The first-order valence-corrected chi connectivity index (χ1v) is 6.19. The highest BCUT2D eigenvalue weighted by atomic mass is 16.5. The highest BCUT2D eigenvalue weighted by molar-refractivity contribution is 5.12. The van der Waals surface area contributed by atoms with E-state index in [0.29, 0.717) is 12.6 Å². The summed E-state index contributed by atoms with van der Waals surface area (Å²) < 4.78 is 7.02. The topological polar surface area (TPSA) is 56.3 Å². The minimum Gasteiger partial charge on any atom is -0.383 e. The Morgan fingerprint density at radius 3 is 2.88 bits per heavy atom. The smallest absolute Gasteiger partial charge is 0.0590 e. The van der Waals surface area contributed by atoms with E-state index in [2.05, 4.69) is 16.2 Å². The highest BCUT2D eigenvalue weighted by Crippen LogP contribution is 2.33. The van der Waals surface area contributed by atoms with Gasteiger partial charge in [-0.1, -0.05) is 0 Å². The fourth-order valence-corrected chi connectivity index (χ4v) is 2.27. The van der Waals surface area contributed by atoms with E-state index < -0.39 is 0 Å². The van der Waals surface area contributed by atoms with Crippen LogP contribution in [0.5, 0.6) is 0 Å². The first kappa shape index (κ1) is 12.5. The van der Waals surface area contributed by atoms with Gasteiger partial charge in [0.2, 0.25) is 0 Å². The number of hydrogen-bond acceptors (Lipinski definition) is 4. The lowest BCUT2D eigenvalue weighted by Crippen LogP contribution is -2.37. The van der Waals surface area contributed by atoms with E-state index >= 15 is 0 Å². The number of nitrogens with zero attached hydrogens (tertiary/aromatic N) is 3. The Hall–Kier alpha value is -0.910. The van der Waals surface area contributed by atoms with Crippen molar-refractivity contribution >= 4 is 0 Å². The van der Waals surface area contributed by atoms with Gasteiger partial charge in [0, 0.05) is 45.0 Å². The molecule has 0 aromatic carbocycles. The van der Waals surface area contributed by atoms with Gasteiger partial charge in [0.1, 0.15) is 0 Å². The van der Waals surface area contributed by atoms with Gasteiger partial charge in [0.05, 0.1) is 18.8 Å². The number of hydrogen-bond donors (Lipinski definition) is 1. The minimum atomic E-state index is 0.270. The predicted octanol–water partition coefficient (Wildman–Crippen LogP) is 0.531.